The van der Waals surface area contributed by atoms with E-state index in [2.05, 4.69) is 15.9 Å². The van der Waals surface area contributed by atoms with Crippen LogP contribution in [0.15, 0.2) is 28.7 Å². The molecular formula is C9H10BrNO2. The first-order chi connectivity index (χ1) is 6.09. The number of rotatable bonds is 3. The van der Waals surface area contributed by atoms with E-state index in [1.807, 2.05) is 31.2 Å². The van der Waals surface area contributed by atoms with Gasteiger partial charge in [-0.15, -0.1) is 0 Å². The molecule has 1 aromatic rings. The smallest absolute Gasteiger partial charge is 0.210 e. The zero-order chi connectivity index (χ0) is 9.84. The van der Waals surface area contributed by atoms with Crippen LogP contribution in [0, 0.1) is 10.1 Å². The van der Waals surface area contributed by atoms with Crippen molar-refractivity contribution in [3.8, 4) is 0 Å². The average Bonchev–Trinajstić information content (AvgIpc) is 2.04. The molecule has 0 bridgehead atoms. The Morgan fingerprint density at radius 3 is 2.46 bits per heavy atom. The molecule has 1 atom stereocenters. The lowest BCUT2D eigenvalue weighted by atomic mass is 10.0. The van der Waals surface area contributed by atoms with Crippen LogP contribution in [0.5, 0.6) is 0 Å². The maximum atomic E-state index is 10.2. The molecule has 0 aromatic heterocycles. The third-order valence-corrected chi connectivity index (χ3v) is 2.39. The summed E-state index contributed by atoms with van der Waals surface area (Å²) in [5.74, 6) is -0.0249. The number of nitrogens with zero attached hydrogens (tertiary/aromatic N) is 1. The average molecular weight is 244 g/mol. The van der Waals surface area contributed by atoms with Crippen molar-refractivity contribution < 1.29 is 4.92 Å². The highest BCUT2D eigenvalue weighted by atomic mass is 79.9. The van der Waals surface area contributed by atoms with Gasteiger partial charge in [-0.1, -0.05) is 35.0 Å². The Labute approximate surface area is 85.0 Å². The standard InChI is InChI=1S/C9H10BrNO2/c1-7(6-11(12)13)8-2-4-9(10)5-3-8/h2-5,7H,6H2,1H3. The van der Waals surface area contributed by atoms with Gasteiger partial charge in [0.25, 0.3) is 0 Å². The van der Waals surface area contributed by atoms with E-state index in [1.54, 1.807) is 0 Å². The SMILES string of the molecule is CC(C[N+](=O)[O-])c1ccc(Br)cc1. The van der Waals surface area contributed by atoms with Crippen molar-refractivity contribution in [3.05, 3.63) is 44.4 Å². The summed E-state index contributed by atoms with van der Waals surface area (Å²) in [7, 11) is 0. The highest BCUT2D eigenvalue weighted by Gasteiger charge is 2.10. The summed E-state index contributed by atoms with van der Waals surface area (Å²) in [4.78, 5) is 9.96. The van der Waals surface area contributed by atoms with E-state index in [1.165, 1.54) is 0 Å². The van der Waals surface area contributed by atoms with Gasteiger partial charge in [0.15, 0.2) is 0 Å². The third-order valence-electron chi connectivity index (χ3n) is 1.86. The van der Waals surface area contributed by atoms with Gasteiger partial charge in [-0.25, -0.2) is 0 Å². The number of nitro groups is 1. The van der Waals surface area contributed by atoms with Crippen LogP contribution in [0.3, 0.4) is 0 Å². The first-order valence-corrected chi connectivity index (χ1v) is 4.76. The van der Waals surface area contributed by atoms with Gasteiger partial charge < -0.3 is 0 Å². The maximum absolute atomic E-state index is 10.2. The van der Waals surface area contributed by atoms with Crippen LogP contribution in [0.25, 0.3) is 0 Å². The summed E-state index contributed by atoms with van der Waals surface area (Å²) in [5, 5.41) is 10.2. The second-order valence-corrected chi connectivity index (χ2v) is 3.88. The van der Waals surface area contributed by atoms with Crippen molar-refractivity contribution in [1.82, 2.24) is 0 Å². The summed E-state index contributed by atoms with van der Waals surface area (Å²) in [5.41, 5.74) is 1.000. The quantitative estimate of drug-likeness (QED) is 0.606. The van der Waals surface area contributed by atoms with E-state index in [9.17, 15) is 10.1 Å². The van der Waals surface area contributed by atoms with Gasteiger partial charge in [-0.3, -0.25) is 10.1 Å². The minimum absolute atomic E-state index is 0.0123. The highest BCUT2D eigenvalue weighted by molar-refractivity contribution is 9.10. The molecule has 0 aliphatic heterocycles. The summed E-state index contributed by atoms with van der Waals surface area (Å²) in [6, 6.07) is 7.59. The minimum Gasteiger partial charge on any atom is -0.265 e. The van der Waals surface area contributed by atoms with Crippen LogP contribution in [0.1, 0.15) is 18.4 Å². The van der Waals surface area contributed by atoms with E-state index in [0.717, 1.165) is 10.0 Å². The Morgan fingerprint density at radius 2 is 2.00 bits per heavy atom. The molecule has 70 valence electrons. The molecule has 1 rings (SSSR count). The summed E-state index contributed by atoms with van der Waals surface area (Å²) in [6.45, 7) is 1.84. The fourth-order valence-corrected chi connectivity index (χ4v) is 1.38. The lowest BCUT2D eigenvalue weighted by Crippen LogP contribution is -2.09. The lowest BCUT2D eigenvalue weighted by Gasteiger charge is -2.06. The summed E-state index contributed by atoms with van der Waals surface area (Å²) < 4.78 is 0.990. The molecule has 0 spiro atoms. The van der Waals surface area contributed by atoms with Crippen molar-refractivity contribution >= 4 is 15.9 Å². The van der Waals surface area contributed by atoms with Gasteiger partial charge in [0.1, 0.15) is 0 Å². The number of halogens is 1. The summed E-state index contributed by atoms with van der Waals surface area (Å²) >= 11 is 3.31. The zero-order valence-corrected chi connectivity index (χ0v) is 8.82. The van der Waals surface area contributed by atoms with Crippen molar-refractivity contribution in [3.63, 3.8) is 0 Å². The third kappa shape index (κ3) is 3.14. The molecule has 13 heavy (non-hydrogen) atoms. The zero-order valence-electron chi connectivity index (χ0n) is 7.24. The summed E-state index contributed by atoms with van der Waals surface area (Å²) in [6.07, 6.45) is 0. The second kappa shape index (κ2) is 4.37. The lowest BCUT2D eigenvalue weighted by molar-refractivity contribution is -0.482. The van der Waals surface area contributed by atoms with Crippen LogP contribution >= 0.6 is 15.9 Å². The molecule has 0 aliphatic rings. The fourth-order valence-electron chi connectivity index (χ4n) is 1.12. The van der Waals surface area contributed by atoms with Crippen LogP contribution in [-0.4, -0.2) is 11.5 Å². The van der Waals surface area contributed by atoms with E-state index in [0.29, 0.717) is 0 Å². The molecular weight excluding hydrogens is 234 g/mol. The normalized spacial score (nSPS) is 12.5. The topological polar surface area (TPSA) is 43.1 Å². The van der Waals surface area contributed by atoms with Gasteiger partial charge in [0.2, 0.25) is 6.54 Å². The van der Waals surface area contributed by atoms with E-state index >= 15 is 0 Å². The Bertz CT molecular complexity index is 297. The number of hydrogen-bond donors (Lipinski definition) is 0. The molecule has 4 heteroatoms. The Morgan fingerprint density at radius 1 is 1.46 bits per heavy atom. The molecule has 0 radical (unpaired) electrons. The Hall–Kier alpha value is -0.900. The number of benzene rings is 1. The van der Waals surface area contributed by atoms with Crippen LogP contribution < -0.4 is 0 Å². The van der Waals surface area contributed by atoms with Crippen molar-refractivity contribution in [2.45, 2.75) is 12.8 Å². The molecule has 3 nitrogen and oxygen atoms in total. The Balaban J connectivity index is 2.71. The largest absolute Gasteiger partial charge is 0.265 e. The monoisotopic (exact) mass is 243 g/mol. The van der Waals surface area contributed by atoms with Gasteiger partial charge in [-0.05, 0) is 17.7 Å². The molecule has 0 heterocycles. The van der Waals surface area contributed by atoms with E-state index in [4.69, 9.17) is 0 Å². The molecule has 1 aromatic carbocycles. The van der Waals surface area contributed by atoms with Gasteiger partial charge in [0, 0.05) is 15.3 Å². The molecule has 0 saturated carbocycles. The predicted octanol–water partition coefficient (Wildman–Crippen LogP) is 2.83. The van der Waals surface area contributed by atoms with Gasteiger partial charge in [-0.2, -0.15) is 0 Å². The van der Waals surface area contributed by atoms with Gasteiger partial charge >= 0.3 is 0 Å². The molecule has 0 N–H and O–H groups in total. The van der Waals surface area contributed by atoms with Crippen LogP contribution in [0.4, 0.5) is 0 Å². The van der Waals surface area contributed by atoms with E-state index < -0.39 is 0 Å². The predicted molar refractivity (Wildman–Crippen MR) is 54.4 cm³/mol. The van der Waals surface area contributed by atoms with Crippen molar-refractivity contribution in [1.29, 1.82) is 0 Å². The van der Waals surface area contributed by atoms with Crippen molar-refractivity contribution in [2.24, 2.45) is 0 Å². The number of hydrogen-bond acceptors (Lipinski definition) is 2. The Kier molecular flexibility index (Phi) is 3.42. The van der Waals surface area contributed by atoms with Crippen LogP contribution in [0.2, 0.25) is 0 Å². The second-order valence-electron chi connectivity index (χ2n) is 2.97. The first kappa shape index (κ1) is 10.2. The molecule has 0 amide bonds. The van der Waals surface area contributed by atoms with Gasteiger partial charge in [0.05, 0.1) is 0 Å². The molecule has 0 saturated heterocycles. The first-order valence-electron chi connectivity index (χ1n) is 3.97. The van der Waals surface area contributed by atoms with Crippen LogP contribution in [-0.2, 0) is 0 Å². The minimum atomic E-state index is -0.285. The van der Waals surface area contributed by atoms with Crippen molar-refractivity contribution in [2.75, 3.05) is 6.54 Å². The maximum Gasteiger partial charge on any atom is 0.210 e. The molecule has 0 fully saturated rings. The molecule has 0 aliphatic carbocycles. The van der Waals surface area contributed by atoms with E-state index in [-0.39, 0.29) is 17.4 Å². The highest BCUT2D eigenvalue weighted by Crippen LogP contribution is 2.18. The molecule has 1 unspecified atom stereocenters. The fraction of sp³-hybridized carbons (Fsp3) is 0.333.